The van der Waals surface area contributed by atoms with E-state index in [0.29, 0.717) is 0 Å². The van der Waals surface area contributed by atoms with Gasteiger partial charge in [-0.15, -0.1) is 0 Å². The standard InChI is InChI=1S/C14H11NO8S/c16-11-3-1-7(5-9(11)13(18)19)15-24(22,23)8-2-4-12(17)10(6-8)14(20)21/h1-6,15-17H,(H,18,19)(H,20,21). The Balaban J connectivity index is 2.42. The van der Waals surface area contributed by atoms with Gasteiger partial charge in [0, 0.05) is 5.69 Å². The number of rotatable bonds is 5. The zero-order valence-corrected chi connectivity index (χ0v) is 12.6. The van der Waals surface area contributed by atoms with Gasteiger partial charge in [0.15, 0.2) is 0 Å². The first kappa shape index (κ1) is 17.1. The molecule has 0 atom stereocenters. The van der Waals surface area contributed by atoms with E-state index in [9.17, 15) is 28.2 Å². The van der Waals surface area contributed by atoms with Gasteiger partial charge in [-0.05, 0) is 36.4 Å². The smallest absolute Gasteiger partial charge is 0.339 e. The molecule has 0 radical (unpaired) electrons. The summed E-state index contributed by atoms with van der Waals surface area (Å²) < 4.78 is 26.6. The van der Waals surface area contributed by atoms with Gasteiger partial charge in [-0.1, -0.05) is 0 Å². The van der Waals surface area contributed by atoms with Crippen molar-refractivity contribution in [3.8, 4) is 11.5 Å². The summed E-state index contributed by atoms with van der Waals surface area (Å²) >= 11 is 0. The lowest BCUT2D eigenvalue weighted by molar-refractivity contribution is 0.0682. The van der Waals surface area contributed by atoms with E-state index in [4.69, 9.17) is 10.2 Å². The first-order valence-corrected chi connectivity index (χ1v) is 7.75. The highest BCUT2D eigenvalue weighted by Gasteiger charge is 2.20. The summed E-state index contributed by atoms with van der Waals surface area (Å²) in [5.74, 6) is -4.10. The first-order valence-electron chi connectivity index (χ1n) is 6.27. The second-order valence-corrected chi connectivity index (χ2v) is 6.31. The monoisotopic (exact) mass is 353 g/mol. The normalized spacial score (nSPS) is 11.0. The molecule has 0 bridgehead atoms. The summed E-state index contributed by atoms with van der Waals surface area (Å²) in [5.41, 5.74) is -1.25. The van der Waals surface area contributed by atoms with Crippen molar-refractivity contribution in [1.29, 1.82) is 0 Å². The molecule has 126 valence electrons. The highest BCUT2D eigenvalue weighted by molar-refractivity contribution is 7.92. The molecule has 2 rings (SSSR count). The van der Waals surface area contributed by atoms with Crippen LogP contribution in [0.4, 0.5) is 5.69 Å². The van der Waals surface area contributed by atoms with Crippen molar-refractivity contribution in [3.63, 3.8) is 0 Å². The van der Waals surface area contributed by atoms with Gasteiger partial charge in [-0.25, -0.2) is 18.0 Å². The lowest BCUT2D eigenvalue weighted by Gasteiger charge is -2.10. The van der Waals surface area contributed by atoms with E-state index in [1.54, 1.807) is 0 Å². The van der Waals surface area contributed by atoms with Crippen LogP contribution in [0.3, 0.4) is 0 Å². The van der Waals surface area contributed by atoms with Gasteiger partial charge in [0.2, 0.25) is 0 Å². The molecule has 9 nitrogen and oxygen atoms in total. The van der Waals surface area contributed by atoms with Gasteiger partial charge in [0.1, 0.15) is 22.6 Å². The number of carboxylic acids is 2. The molecule has 5 N–H and O–H groups in total. The number of hydrogen-bond donors (Lipinski definition) is 5. The number of phenols is 2. The number of benzene rings is 2. The molecule has 2 aromatic carbocycles. The molecule has 0 fully saturated rings. The van der Waals surface area contributed by atoms with Crippen molar-refractivity contribution < 1.29 is 38.4 Å². The molecule has 0 saturated carbocycles. The fourth-order valence-corrected chi connectivity index (χ4v) is 2.91. The van der Waals surface area contributed by atoms with Crippen LogP contribution in [0.25, 0.3) is 0 Å². The van der Waals surface area contributed by atoms with E-state index in [1.165, 1.54) is 0 Å². The Morgan fingerprint density at radius 1 is 0.833 bits per heavy atom. The number of nitrogens with one attached hydrogen (secondary N) is 1. The highest BCUT2D eigenvalue weighted by Crippen LogP contribution is 2.26. The molecule has 0 aromatic heterocycles. The second-order valence-electron chi connectivity index (χ2n) is 4.63. The molecule has 0 aliphatic carbocycles. The fraction of sp³-hybridized carbons (Fsp3) is 0. The van der Waals surface area contributed by atoms with Crippen LogP contribution in [0.15, 0.2) is 41.3 Å². The van der Waals surface area contributed by atoms with Gasteiger partial charge < -0.3 is 20.4 Å². The third kappa shape index (κ3) is 3.38. The van der Waals surface area contributed by atoms with Gasteiger partial charge >= 0.3 is 11.9 Å². The maximum atomic E-state index is 12.3. The van der Waals surface area contributed by atoms with E-state index in [0.717, 1.165) is 36.4 Å². The van der Waals surface area contributed by atoms with Crippen LogP contribution in [0.2, 0.25) is 0 Å². The maximum absolute atomic E-state index is 12.3. The molecule has 24 heavy (non-hydrogen) atoms. The van der Waals surface area contributed by atoms with Gasteiger partial charge in [0.25, 0.3) is 10.0 Å². The Bertz CT molecular complexity index is 936. The molecule has 0 amide bonds. The van der Waals surface area contributed by atoms with E-state index in [2.05, 4.69) is 4.72 Å². The summed E-state index contributed by atoms with van der Waals surface area (Å²) in [6.45, 7) is 0. The third-order valence-electron chi connectivity index (χ3n) is 2.99. The van der Waals surface area contributed by atoms with Crippen molar-refractivity contribution in [2.75, 3.05) is 4.72 Å². The topological polar surface area (TPSA) is 161 Å². The van der Waals surface area contributed by atoms with Gasteiger partial charge in [0.05, 0.1) is 4.90 Å². The number of hydrogen-bond acceptors (Lipinski definition) is 6. The summed E-state index contributed by atoms with van der Waals surface area (Å²) in [5, 5.41) is 36.6. The molecule has 0 aliphatic rings. The van der Waals surface area contributed by atoms with Gasteiger partial charge in [-0.2, -0.15) is 0 Å². The van der Waals surface area contributed by atoms with Crippen LogP contribution in [-0.4, -0.2) is 40.8 Å². The van der Waals surface area contributed by atoms with Gasteiger partial charge in [-0.3, -0.25) is 4.72 Å². The van der Waals surface area contributed by atoms with Crippen molar-refractivity contribution in [2.45, 2.75) is 4.90 Å². The first-order chi connectivity index (χ1) is 11.1. The molecule has 0 spiro atoms. The minimum absolute atomic E-state index is 0.143. The summed E-state index contributed by atoms with van der Waals surface area (Å²) in [6, 6.07) is 5.71. The molecule has 0 unspecified atom stereocenters. The summed E-state index contributed by atoms with van der Waals surface area (Å²) in [4.78, 5) is 21.4. The molecule has 0 saturated heterocycles. The lowest BCUT2D eigenvalue weighted by atomic mass is 10.2. The second kappa shape index (κ2) is 6.08. The number of carboxylic acid groups (broad SMARTS) is 2. The van der Waals surface area contributed by atoms with Crippen LogP contribution in [-0.2, 0) is 10.0 Å². The van der Waals surface area contributed by atoms with Crippen LogP contribution >= 0.6 is 0 Å². The zero-order valence-electron chi connectivity index (χ0n) is 11.8. The largest absolute Gasteiger partial charge is 0.507 e. The Kier molecular flexibility index (Phi) is 4.33. The number of sulfonamides is 1. The molecular weight excluding hydrogens is 342 g/mol. The SMILES string of the molecule is O=C(O)c1cc(NS(=O)(=O)c2ccc(O)c(C(=O)O)c2)ccc1O. The quantitative estimate of drug-likeness (QED) is 0.502. The maximum Gasteiger partial charge on any atom is 0.339 e. The predicted molar refractivity (Wildman–Crippen MR) is 80.9 cm³/mol. The Morgan fingerprint density at radius 2 is 1.33 bits per heavy atom. The molecule has 10 heteroatoms. The third-order valence-corrected chi connectivity index (χ3v) is 4.37. The summed E-state index contributed by atoms with van der Waals surface area (Å²) in [7, 11) is -4.24. The molecule has 0 aliphatic heterocycles. The van der Waals surface area contributed by atoms with Crippen LogP contribution in [0.1, 0.15) is 20.7 Å². The average Bonchev–Trinajstić information content (AvgIpc) is 2.48. The number of anilines is 1. The highest BCUT2D eigenvalue weighted by atomic mass is 32.2. The number of aromatic carboxylic acids is 2. The number of aromatic hydroxyl groups is 2. The van der Waals surface area contributed by atoms with Crippen LogP contribution < -0.4 is 4.72 Å². The van der Waals surface area contributed by atoms with Crippen LogP contribution in [0.5, 0.6) is 11.5 Å². The van der Waals surface area contributed by atoms with Crippen molar-refractivity contribution in [1.82, 2.24) is 0 Å². The predicted octanol–water partition coefficient (Wildman–Crippen LogP) is 1.29. The minimum atomic E-state index is -4.24. The van der Waals surface area contributed by atoms with Crippen molar-refractivity contribution in [2.24, 2.45) is 0 Å². The van der Waals surface area contributed by atoms with E-state index in [1.807, 2.05) is 0 Å². The Hall–Kier alpha value is -3.27. The number of carbonyl (C=O) groups is 2. The van der Waals surface area contributed by atoms with E-state index >= 15 is 0 Å². The molecular formula is C14H11NO8S. The van der Waals surface area contributed by atoms with E-state index < -0.39 is 49.5 Å². The Labute approximate surface area is 135 Å². The summed E-state index contributed by atoms with van der Waals surface area (Å²) in [6.07, 6.45) is 0. The fourth-order valence-electron chi connectivity index (χ4n) is 1.84. The average molecular weight is 353 g/mol. The van der Waals surface area contributed by atoms with E-state index in [-0.39, 0.29) is 5.69 Å². The minimum Gasteiger partial charge on any atom is -0.507 e. The zero-order chi connectivity index (χ0) is 18.1. The molecule has 0 heterocycles. The molecule has 2 aromatic rings. The van der Waals surface area contributed by atoms with Crippen molar-refractivity contribution >= 4 is 27.6 Å². The van der Waals surface area contributed by atoms with Crippen molar-refractivity contribution in [3.05, 3.63) is 47.5 Å². The van der Waals surface area contributed by atoms with Crippen LogP contribution in [0, 0.1) is 0 Å². The lowest BCUT2D eigenvalue weighted by Crippen LogP contribution is -2.14. The Morgan fingerprint density at radius 3 is 1.88 bits per heavy atom.